The molecule has 0 aliphatic heterocycles. The number of aryl methyl sites for hydroxylation is 1. The SMILES string of the molecule is CCOc1cc(/C=N/NC(=O)C(=O)Nc2sc3c(c2C(=O)OC)CCCC3)ccc1OCC(N)=O. The zero-order chi connectivity index (χ0) is 25.4. The molecule has 1 aliphatic rings. The van der Waals surface area contributed by atoms with Gasteiger partial charge in [0.25, 0.3) is 5.91 Å². The summed E-state index contributed by atoms with van der Waals surface area (Å²) in [4.78, 5) is 48.9. The Kier molecular flexibility index (Phi) is 8.79. The van der Waals surface area contributed by atoms with Crippen LogP contribution in [-0.2, 0) is 32.0 Å². The first-order valence-electron chi connectivity index (χ1n) is 10.9. The van der Waals surface area contributed by atoms with E-state index in [1.165, 1.54) is 24.7 Å². The van der Waals surface area contributed by atoms with Gasteiger partial charge in [-0.2, -0.15) is 5.10 Å². The van der Waals surface area contributed by atoms with Crippen molar-refractivity contribution >= 4 is 46.2 Å². The summed E-state index contributed by atoms with van der Waals surface area (Å²) in [6.45, 7) is 1.83. The number of ether oxygens (including phenoxy) is 3. The number of thiophene rings is 1. The predicted octanol–water partition coefficient (Wildman–Crippen LogP) is 1.77. The Morgan fingerprint density at radius 3 is 2.60 bits per heavy atom. The highest BCUT2D eigenvalue weighted by Crippen LogP contribution is 2.38. The average Bonchev–Trinajstić information content (AvgIpc) is 3.20. The molecule has 1 aromatic heterocycles. The standard InChI is InChI=1S/C23H26N4O7S/c1-3-33-16-10-13(8-9-15(16)34-12-18(24)28)11-25-27-21(30)20(29)26-22-19(23(31)32-2)14-6-4-5-7-17(14)35-22/h8-11H,3-7,12H2,1-2H3,(H2,24,28)(H,26,29)(H,27,30)/b25-11+. The minimum absolute atomic E-state index is 0.292. The van der Waals surface area contributed by atoms with Crippen molar-refractivity contribution in [2.45, 2.75) is 32.6 Å². The van der Waals surface area contributed by atoms with Gasteiger partial charge in [0.15, 0.2) is 18.1 Å². The molecule has 186 valence electrons. The molecule has 3 amide bonds. The maximum Gasteiger partial charge on any atom is 0.341 e. The highest BCUT2D eigenvalue weighted by atomic mass is 32.1. The van der Waals surface area contributed by atoms with Crippen LogP contribution in [-0.4, -0.2) is 50.2 Å². The number of benzene rings is 1. The van der Waals surface area contributed by atoms with Crippen molar-refractivity contribution in [1.29, 1.82) is 0 Å². The molecular weight excluding hydrogens is 476 g/mol. The number of esters is 1. The van der Waals surface area contributed by atoms with E-state index in [1.54, 1.807) is 25.1 Å². The number of nitrogens with two attached hydrogens (primary N) is 1. The van der Waals surface area contributed by atoms with Gasteiger partial charge in [-0.1, -0.05) is 0 Å². The number of hydrogen-bond acceptors (Lipinski definition) is 9. The van der Waals surface area contributed by atoms with Crippen LogP contribution in [0.4, 0.5) is 5.00 Å². The molecule has 1 heterocycles. The number of rotatable bonds is 9. The topological polar surface area (TPSA) is 158 Å². The predicted molar refractivity (Wildman–Crippen MR) is 129 cm³/mol. The minimum atomic E-state index is -1.00. The molecule has 0 radical (unpaired) electrons. The van der Waals surface area contributed by atoms with E-state index in [2.05, 4.69) is 15.8 Å². The fraction of sp³-hybridized carbons (Fsp3) is 0.348. The number of fused-ring (bicyclic) bond motifs is 1. The van der Waals surface area contributed by atoms with Crippen molar-refractivity contribution in [2.24, 2.45) is 10.8 Å². The molecule has 0 atom stereocenters. The number of hydrogen-bond donors (Lipinski definition) is 3. The maximum absolute atomic E-state index is 12.4. The van der Waals surface area contributed by atoms with Gasteiger partial charge >= 0.3 is 17.8 Å². The second kappa shape index (κ2) is 12.0. The summed E-state index contributed by atoms with van der Waals surface area (Å²) < 4.78 is 15.7. The third kappa shape index (κ3) is 6.57. The van der Waals surface area contributed by atoms with Gasteiger partial charge in [-0.15, -0.1) is 11.3 Å². The third-order valence-corrected chi connectivity index (χ3v) is 6.22. The number of amides is 3. The van der Waals surface area contributed by atoms with Crippen molar-refractivity contribution in [1.82, 2.24) is 5.43 Å². The third-order valence-electron chi connectivity index (χ3n) is 5.01. The minimum Gasteiger partial charge on any atom is -0.490 e. The molecule has 0 bridgehead atoms. The summed E-state index contributed by atoms with van der Waals surface area (Å²) in [6, 6.07) is 4.78. The molecule has 0 unspecified atom stereocenters. The van der Waals surface area contributed by atoms with Crippen LogP contribution in [0.3, 0.4) is 0 Å². The molecule has 0 spiro atoms. The molecule has 3 rings (SSSR count). The van der Waals surface area contributed by atoms with E-state index in [-0.39, 0.29) is 6.61 Å². The molecule has 2 aromatic rings. The number of nitrogens with one attached hydrogen (secondary N) is 2. The van der Waals surface area contributed by atoms with E-state index in [9.17, 15) is 19.2 Å². The molecule has 4 N–H and O–H groups in total. The molecule has 0 saturated heterocycles. The molecule has 0 saturated carbocycles. The number of methoxy groups -OCH3 is 1. The van der Waals surface area contributed by atoms with E-state index in [0.717, 1.165) is 36.1 Å². The average molecular weight is 503 g/mol. The monoisotopic (exact) mass is 502 g/mol. The number of anilines is 1. The highest BCUT2D eigenvalue weighted by molar-refractivity contribution is 7.17. The van der Waals surface area contributed by atoms with E-state index in [0.29, 0.717) is 34.2 Å². The van der Waals surface area contributed by atoms with Crippen molar-refractivity contribution in [3.05, 3.63) is 39.8 Å². The second-order valence-corrected chi connectivity index (χ2v) is 8.56. The zero-order valence-electron chi connectivity index (χ0n) is 19.3. The van der Waals surface area contributed by atoms with Gasteiger partial charge in [0.2, 0.25) is 0 Å². The van der Waals surface area contributed by atoms with Gasteiger partial charge in [-0.05, 0) is 61.9 Å². The van der Waals surface area contributed by atoms with Crippen molar-refractivity contribution < 1.29 is 33.4 Å². The summed E-state index contributed by atoms with van der Waals surface area (Å²) in [5, 5.41) is 6.60. The van der Waals surface area contributed by atoms with Gasteiger partial charge in [0.1, 0.15) is 5.00 Å². The van der Waals surface area contributed by atoms with Crippen LogP contribution in [0.15, 0.2) is 23.3 Å². The number of carbonyl (C=O) groups is 4. The summed E-state index contributed by atoms with van der Waals surface area (Å²) in [7, 11) is 1.27. The number of primary amides is 1. The fourth-order valence-electron chi connectivity index (χ4n) is 3.49. The molecule has 1 aliphatic carbocycles. The van der Waals surface area contributed by atoms with Crippen LogP contribution in [0.25, 0.3) is 0 Å². The second-order valence-electron chi connectivity index (χ2n) is 7.45. The maximum atomic E-state index is 12.4. The number of carbonyl (C=O) groups excluding carboxylic acids is 4. The van der Waals surface area contributed by atoms with Crippen molar-refractivity contribution in [2.75, 3.05) is 25.6 Å². The van der Waals surface area contributed by atoms with E-state index >= 15 is 0 Å². The largest absolute Gasteiger partial charge is 0.490 e. The normalized spacial score (nSPS) is 12.5. The van der Waals surface area contributed by atoms with E-state index in [1.807, 2.05) is 0 Å². The van der Waals surface area contributed by atoms with Crippen LogP contribution in [0.2, 0.25) is 0 Å². The van der Waals surface area contributed by atoms with Gasteiger partial charge < -0.3 is 25.3 Å². The molecule has 35 heavy (non-hydrogen) atoms. The van der Waals surface area contributed by atoms with Gasteiger partial charge in [-0.3, -0.25) is 14.4 Å². The number of hydrazone groups is 1. The van der Waals surface area contributed by atoms with Gasteiger partial charge in [0, 0.05) is 4.88 Å². The van der Waals surface area contributed by atoms with Crippen LogP contribution in [0, 0.1) is 0 Å². The fourth-order valence-corrected chi connectivity index (χ4v) is 4.76. The lowest BCUT2D eigenvalue weighted by Crippen LogP contribution is -2.32. The Labute approximate surface area is 205 Å². The summed E-state index contributed by atoms with van der Waals surface area (Å²) >= 11 is 1.28. The number of nitrogens with zero attached hydrogens (tertiary/aromatic N) is 1. The summed E-state index contributed by atoms with van der Waals surface area (Å²) in [5.41, 5.74) is 8.97. The lowest BCUT2D eigenvalue weighted by atomic mass is 9.95. The van der Waals surface area contributed by atoms with E-state index in [4.69, 9.17) is 19.9 Å². The Balaban J connectivity index is 1.66. The summed E-state index contributed by atoms with van der Waals surface area (Å²) in [5.74, 6) is -2.46. The first kappa shape index (κ1) is 25.7. The van der Waals surface area contributed by atoms with Crippen LogP contribution in [0.5, 0.6) is 11.5 Å². The first-order valence-corrected chi connectivity index (χ1v) is 11.7. The Bertz CT molecular complexity index is 1160. The Hall–Kier alpha value is -3.93. The molecular formula is C23H26N4O7S. The van der Waals surface area contributed by atoms with Crippen LogP contribution >= 0.6 is 11.3 Å². The van der Waals surface area contributed by atoms with Crippen molar-refractivity contribution in [3.8, 4) is 11.5 Å². The lowest BCUT2D eigenvalue weighted by Gasteiger charge is -2.11. The van der Waals surface area contributed by atoms with Crippen LogP contribution < -0.4 is 25.9 Å². The van der Waals surface area contributed by atoms with Gasteiger partial charge in [-0.25, -0.2) is 10.2 Å². The quantitative estimate of drug-likeness (QED) is 0.204. The Morgan fingerprint density at radius 2 is 1.89 bits per heavy atom. The van der Waals surface area contributed by atoms with Gasteiger partial charge in [0.05, 0.1) is 25.5 Å². The smallest absolute Gasteiger partial charge is 0.341 e. The highest BCUT2D eigenvalue weighted by Gasteiger charge is 2.28. The summed E-state index contributed by atoms with van der Waals surface area (Å²) in [6.07, 6.45) is 4.79. The Morgan fingerprint density at radius 1 is 1.11 bits per heavy atom. The first-order chi connectivity index (χ1) is 16.8. The van der Waals surface area contributed by atoms with E-state index < -0.39 is 23.7 Å². The zero-order valence-corrected chi connectivity index (χ0v) is 20.2. The molecule has 11 nitrogen and oxygen atoms in total. The van der Waals surface area contributed by atoms with Crippen LogP contribution in [0.1, 0.15) is 46.1 Å². The molecule has 0 fully saturated rings. The molecule has 12 heteroatoms. The van der Waals surface area contributed by atoms with Crippen molar-refractivity contribution in [3.63, 3.8) is 0 Å². The lowest BCUT2D eigenvalue weighted by molar-refractivity contribution is -0.136. The molecule has 1 aromatic carbocycles.